The number of aryl methyl sites for hydroxylation is 1. The minimum absolute atomic E-state index is 0.302. The van der Waals surface area contributed by atoms with Crippen molar-refractivity contribution in [2.24, 2.45) is 0 Å². The van der Waals surface area contributed by atoms with E-state index in [1.54, 1.807) is 25.3 Å². The van der Waals surface area contributed by atoms with Crippen molar-refractivity contribution < 1.29 is 19.1 Å². The number of imidazole rings is 1. The summed E-state index contributed by atoms with van der Waals surface area (Å²) in [5.74, 6) is -0.608. The van der Waals surface area contributed by atoms with Gasteiger partial charge in [-0.1, -0.05) is 30.3 Å². The van der Waals surface area contributed by atoms with Gasteiger partial charge in [0, 0.05) is 18.9 Å². The molecule has 0 bridgehead atoms. The highest BCUT2D eigenvalue weighted by Gasteiger charge is 2.17. The highest BCUT2D eigenvalue weighted by molar-refractivity contribution is 5.90. The maximum Gasteiger partial charge on any atom is 0.338 e. The Morgan fingerprint density at radius 3 is 2.23 bits per heavy atom. The Balaban J connectivity index is 1.63. The number of aromatic nitrogens is 2. The number of ether oxygens (including phenoxy) is 2. The lowest BCUT2D eigenvalue weighted by atomic mass is 10.0. The van der Waals surface area contributed by atoms with Gasteiger partial charge in [0.05, 0.1) is 24.1 Å². The molecule has 3 rings (SSSR count). The molecule has 0 spiro atoms. The van der Waals surface area contributed by atoms with E-state index in [0.29, 0.717) is 17.7 Å². The van der Waals surface area contributed by atoms with Crippen molar-refractivity contribution in [3.05, 3.63) is 95.1 Å². The summed E-state index contributed by atoms with van der Waals surface area (Å²) in [5.41, 5.74) is 4.09. The molecule has 1 aromatic heterocycles. The van der Waals surface area contributed by atoms with Crippen LogP contribution < -0.4 is 0 Å². The van der Waals surface area contributed by atoms with Crippen LogP contribution in [0.4, 0.5) is 0 Å². The molecule has 3 aromatic rings. The molecule has 0 amide bonds. The quantitative estimate of drug-likeness (QED) is 0.331. The van der Waals surface area contributed by atoms with Crippen LogP contribution in [0.15, 0.2) is 72.8 Å². The fourth-order valence-corrected chi connectivity index (χ4v) is 3.64. The van der Waals surface area contributed by atoms with E-state index in [1.807, 2.05) is 69.7 Å². The molecule has 0 N–H and O–H groups in total. The fraction of sp³-hybridized carbons (Fsp3) is 0.345. The van der Waals surface area contributed by atoms with Gasteiger partial charge in [0.25, 0.3) is 0 Å². The van der Waals surface area contributed by atoms with Gasteiger partial charge in [-0.05, 0) is 87.9 Å². The lowest BCUT2D eigenvalue weighted by Gasteiger charge is -2.19. The highest BCUT2D eigenvalue weighted by Crippen LogP contribution is 2.18. The summed E-state index contributed by atoms with van der Waals surface area (Å²) in [6, 6.07) is 15.1. The Hall–Kier alpha value is -3.67. The number of carbonyl (C=O) groups is 2. The number of allylic oxidation sites excluding steroid dienone is 1. The normalized spacial score (nSPS) is 11.8. The monoisotopic (exact) mass is 474 g/mol. The van der Waals surface area contributed by atoms with E-state index in [2.05, 4.69) is 15.6 Å². The van der Waals surface area contributed by atoms with Crippen LogP contribution in [0.2, 0.25) is 0 Å². The molecular formula is C29H34N2O4. The number of esters is 2. The number of hydrogen-bond donors (Lipinski definition) is 0. The summed E-state index contributed by atoms with van der Waals surface area (Å²) in [5, 5.41) is 0. The van der Waals surface area contributed by atoms with E-state index in [9.17, 15) is 9.59 Å². The zero-order valence-corrected chi connectivity index (χ0v) is 21.0. The number of carbonyl (C=O) groups excluding carboxylic acids is 2. The molecule has 0 saturated carbocycles. The molecule has 1 heterocycles. The number of benzene rings is 2. The average Bonchev–Trinajstić information content (AvgIpc) is 3.32. The molecule has 0 radical (unpaired) electrons. The Kier molecular flexibility index (Phi) is 9.01. The highest BCUT2D eigenvalue weighted by atomic mass is 16.6. The van der Waals surface area contributed by atoms with Crippen LogP contribution in [0, 0.1) is 0 Å². The molecular weight excluding hydrogens is 440 g/mol. The number of rotatable bonds is 10. The second-order valence-corrected chi connectivity index (χ2v) is 9.43. The van der Waals surface area contributed by atoms with Crippen LogP contribution in [0.3, 0.4) is 0 Å². The van der Waals surface area contributed by atoms with Gasteiger partial charge in [-0.15, -0.1) is 0 Å². The molecule has 0 atom stereocenters. The van der Waals surface area contributed by atoms with Gasteiger partial charge >= 0.3 is 11.9 Å². The van der Waals surface area contributed by atoms with Crippen LogP contribution in [-0.4, -0.2) is 33.7 Å². The topological polar surface area (TPSA) is 70.4 Å². The van der Waals surface area contributed by atoms with Gasteiger partial charge < -0.3 is 14.0 Å². The van der Waals surface area contributed by atoms with Crippen LogP contribution in [0.1, 0.15) is 72.4 Å². The first-order chi connectivity index (χ1) is 16.7. The minimum Gasteiger partial charge on any atom is -0.462 e. The van der Waals surface area contributed by atoms with E-state index < -0.39 is 5.60 Å². The largest absolute Gasteiger partial charge is 0.462 e. The summed E-state index contributed by atoms with van der Waals surface area (Å²) in [6.45, 7) is 8.50. The second-order valence-electron chi connectivity index (χ2n) is 9.43. The molecule has 6 heteroatoms. The predicted molar refractivity (Wildman–Crippen MR) is 137 cm³/mol. The van der Waals surface area contributed by atoms with Crippen LogP contribution >= 0.6 is 0 Å². The van der Waals surface area contributed by atoms with E-state index in [1.165, 1.54) is 11.1 Å². The molecule has 0 aliphatic carbocycles. The Morgan fingerprint density at radius 1 is 0.971 bits per heavy atom. The molecule has 2 aromatic carbocycles. The van der Waals surface area contributed by atoms with Gasteiger partial charge in [-0.25, -0.2) is 14.6 Å². The van der Waals surface area contributed by atoms with Gasteiger partial charge in [0.2, 0.25) is 0 Å². The number of hydrogen-bond acceptors (Lipinski definition) is 5. The second kappa shape index (κ2) is 12.2. The fourth-order valence-electron chi connectivity index (χ4n) is 3.64. The van der Waals surface area contributed by atoms with Crippen molar-refractivity contribution in [2.75, 3.05) is 6.61 Å². The first kappa shape index (κ1) is 25.9. The molecule has 35 heavy (non-hydrogen) atoms. The zero-order chi connectivity index (χ0) is 25.3. The third kappa shape index (κ3) is 8.56. The Morgan fingerprint density at radius 2 is 1.63 bits per heavy atom. The van der Waals surface area contributed by atoms with Crippen molar-refractivity contribution in [1.82, 2.24) is 9.55 Å². The minimum atomic E-state index is -0.507. The standard InChI is InChI=1S/C29H34N2O4/c1-5-34-27(32)25-15-11-23(12-16-25)19-24(20-31-18-17-30-21-31)8-6-7-22-9-13-26(14-10-22)28(33)35-29(2,3)4/h9-19,21H,5-8,20H2,1-4H3/b24-19+. The molecule has 0 aliphatic heterocycles. The van der Waals surface area contributed by atoms with Crippen LogP contribution in [0.25, 0.3) is 6.08 Å². The van der Waals surface area contributed by atoms with Gasteiger partial charge in [0.15, 0.2) is 0 Å². The van der Waals surface area contributed by atoms with Crippen molar-refractivity contribution in [3.8, 4) is 0 Å². The Bertz CT molecular complexity index is 1120. The molecule has 0 fully saturated rings. The smallest absolute Gasteiger partial charge is 0.338 e. The lowest BCUT2D eigenvalue weighted by molar-refractivity contribution is 0.00692. The summed E-state index contributed by atoms with van der Waals surface area (Å²) in [7, 11) is 0. The van der Waals surface area contributed by atoms with Crippen LogP contribution in [-0.2, 0) is 22.4 Å². The molecule has 0 saturated heterocycles. The third-order valence-corrected chi connectivity index (χ3v) is 5.29. The maximum absolute atomic E-state index is 12.2. The molecule has 0 unspecified atom stereocenters. The lowest BCUT2D eigenvalue weighted by Crippen LogP contribution is -2.23. The molecule has 6 nitrogen and oxygen atoms in total. The summed E-state index contributed by atoms with van der Waals surface area (Å²) < 4.78 is 12.6. The number of nitrogens with zero attached hydrogens (tertiary/aromatic N) is 2. The average molecular weight is 475 g/mol. The van der Waals surface area contributed by atoms with Gasteiger partial charge in [0.1, 0.15) is 5.60 Å². The first-order valence-electron chi connectivity index (χ1n) is 12.0. The van der Waals surface area contributed by atoms with Gasteiger partial charge in [-0.3, -0.25) is 0 Å². The zero-order valence-electron chi connectivity index (χ0n) is 21.0. The summed E-state index contributed by atoms with van der Waals surface area (Å²) in [6.07, 6.45) is 10.5. The van der Waals surface area contributed by atoms with Crippen molar-refractivity contribution in [3.63, 3.8) is 0 Å². The first-order valence-corrected chi connectivity index (χ1v) is 12.0. The third-order valence-electron chi connectivity index (χ3n) is 5.29. The van der Waals surface area contributed by atoms with E-state index in [-0.39, 0.29) is 11.9 Å². The SMILES string of the molecule is CCOC(=O)c1ccc(/C=C(\CCCc2ccc(C(=O)OC(C)(C)C)cc2)Cn2ccnc2)cc1. The van der Waals surface area contributed by atoms with Crippen LogP contribution in [0.5, 0.6) is 0 Å². The molecule has 0 aliphatic rings. The summed E-state index contributed by atoms with van der Waals surface area (Å²) in [4.78, 5) is 28.3. The van der Waals surface area contributed by atoms with E-state index in [4.69, 9.17) is 9.47 Å². The van der Waals surface area contributed by atoms with Gasteiger partial charge in [-0.2, -0.15) is 0 Å². The van der Waals surface area contributed by atoms with Crippen molar-refractivity contribution in [1.29, 1.82) is 0 Å². The molecule has 184 valence electrons. The summed E-state index contributed by atoms with van der Waals surface area (Å²) >= 11 is 0. The predicted octanol–water partition coefficient (Wildman–Crippen LogP) is 6.12. The van der Waals surface area contributed by atoms with Crippen molar-refractivity contribution >= 4 is 18.0 Å². The van der Waals surface area contributed by atoms with E-state index >= 15 is 0 Å². The van der Waals surface area contributed by atoms with E-state index in [0.717, 1.165) is 31.4 Å². The maximum atomic E-state index is 12.2. The van der Waals surface area contributed by atoms with Crippen molar-refractivity contribution in [2.45, 2.75) is 59.1 Å². The Labute approximate surface area is 207 Å².